The first-order valence-electron chi connectivity index (χ1n) is 5.09. The zero-order chi connectivity index (χ0) is 11.1. The van der Waals surface area contributed by atoms with Crippen molar-refractivity contribution >= 4 is 22.4 Å². The van der Waals surface area contributed by atoms with E-state index in [9.17, 15) is 0 Å². The predicted octanol–water partition coefficient (Wildman–Crippen LogP) is 1.65. The number of nitrogens with zero attached hydrogens (tertiary/aromatic N) is 2. The molecule has 0 unspecified atom stereocenters. The lowest BCUT2D eigenvalue weighted by molar-refractivity contribution is 0.0647. The van der Waals surface area contributed by atoms with Crippen molar-refractivity contribution in [3.05, 3.63) is 5.56 Å². The average Bonchev–Trinajstić information content (AvgIpc) is 2.48. The van der Waals surface area contributed by atoms with Gasteiger partial charge in [-0.3, -0.25) is 0 Å². The molecule has 4 nitrogen and oxygen atoms in total. The van der Waals surface area contributed by atoms with Gasteiger partial charge in [0.2, 0.25) is 0 Å². The van der Waals surface area contributed by atoms with E-state index in [2.05, 4.69) is 23.1 Å². The molecule has 0 saturated carbocycles. The molecule has 1 fully saturated rings. The molecule has 84 valence electrons. The van der Waals surface area contributed by atoms with Gasteiger partial charge in [0, 0.05) is 12.1 Å². The standard InChI is InChI=1S/C10H17N3OS/c1-7-8(11)12-15-9(7)13-4-5-14-6-10(13,2)3/h4-6H2,1-3H3,(H2,11,12). The number of nitrogens with two attached hydrogens (primary N) is 1. The molecule has 1 aliphatic heterocycles. The molecular weight excluding hydrogens is 210 g/mol. The predicted molar refractivity (Wildman–Crippen MR) is 63.5 cm³/mol. The average molecular weight is 227 g/mol. The molecule has 0 spiro atoms. The summed E-state index contributed by atoms with van der Waals surface area (Å²) in [6, 6.07) is 0. The monoisotopic (exact) mass is 227 g/mol. The second kappa shape index (κ2) is 3.64. The van der Waals surface area contributed by atoms with E-state index in [4.69, 9.17) is 10.5 Å². The van der Waals surface area contributed by atoms with E-state index < -0.39 is 0 Å². The van der Waals surface area contributed by atoms with E-state index in [0.717, 1.165) is 25.3 Å². The highest BCUT2D eigenvalue weighted by molar-refractivity contribution is 7.10. The van der Waals surface area contributed by atoms with Crippen molar-refractivity contribution in [1.82, 2.24) is 4.37 Å². The minimum Gasteiger partial charge on any atom is -0.383 e. The Morgan fingerprint density at radius 2 is 2.27 bits per heavy atom. The van der Waals surface area contributed by atoms with Crippen molar-refractivity contribution < 1.29 is 4.74 Å². The molecule has 0 amide bonds. The molecule has 0 atom stereocenters. The minimum absolute atomic E-state index is 0.0297. The molecule has 1 aromatic rings. The van der Waals surface area contributed by atoms with Crippen molar-refractivity contribution in [1.29, 1.82) is 0 Å². The first-order chi connectivity index (χ1) is 7.02. The first kappa shape index (κ1) is 10.7. The topological polar surface area (TPSA) is 51.4 Å². The summed E-state index contributed by atoms with van der Waals surface area (Å²) in [6.07, 6.45) is 0. The summed E-state index contributed by atoms with van der Waals surface area (Å²) in [5, 5.41) is 1.18. The van der Waals surface area contributed by atoms with Gasteiger partial charge in [-0.2, -0.15) is 4.37 Å². The third-order valence-electron chi connectivity index (χ3n) is 2.83. The third-order valence-corrected chi connectivity index (χ3v) is 3.81. The molecule has 0 aromatic carbocycles. The lowest BCUT2D eigenvalue weighted by Gasteiger charge is -2.43. The van der Waals surface area contributed by atoms with Crippen LogP contribution in [0.2, 0.25) is 0 Å². The van der Waals surface area contributed by atoms with Gasteiger partial charge in [0.1, 0.15) is 10.8 Å². The number of hydrogen-bond donors (Lipinski definition) is 1. The van der Waals surface area contributed by atoms with Crippen molar-refractivity contribution in [3.63, 3.8) is 0 Å². The van der Waals surface area contributed by atoms with E-state index in [1.807, 2.05) is 6.92 Å². The molecule has 1 saturated heterocycles. The van der Waals surface area contributed by atoms with E-state index >= 15 is 0 Å². The smallest absolute Gasteiger partial charge is 0.142 e. The number of anilines is 2. The Labute approximate surface area is 94.2 Å². The first-order valence-corrected chi connectivity index (χ1v) is 5.87. The second-order valence-electron chi connectivity index (χ2n) is 4.51. The summed E-state index contributed by atoms with van der Waals surface area (Å²) in [6.45, 7) is 8.84. The minimum atomic E-state index is 0.0297. The van der Waals surface area contributed by atoms with Gasteiger partial charge < -0.3 is 15.4 Å². The molecule has 5 heteroatoms. The quantitative estimate of drug-likeness (QED) is 0.792. The fraction of sp³-hybridized carbons (Fsp3) is 0.700. The van der Waals surface area contributed by atoms with Crippen molar-refractivity contribution in [2.45, 2.75) is 26.3 Å². The van der Waals surface area contributed by atoms with Crippen LogP contribution in [0.5, 0.6) is 0 Å². The van der Waals surface area contributed by atoms with Crippen LogP contribution in [-0.4, -0.2) is 29.7 Å². The van der Waals surface area contributed by atoms with Gasteiger partial charge in [-0.15, -0.1) is 0 Å². The van der Waals surface area contributed by atoms with Crippen molar-refractivity contribution in [3.8, 4) is 0 Å². The molecule has 0 bridgehead atoms. The Kier molecular flexibility index (Phi) is 2.60. The van der Waals surface area contributed by atoms with Crippen LogP contribution in [0.25, 0.3) is 0 Å². The van der Waals surface area contributed by atoms with E-state index in [1.54, 1.807) is 0 Å². The SMILES string of the molecule is Cc1c(N)nsc1N1CCOCC1(C)C. The number of ether oxygens (including phenoxy) is 1. The van der Waals surface area contributed by atoms with Crippen LogP contribution in [0, 0.1) is 6.92 Å². The molecule has 2 heterocycles. The highest BCUT2D eigenvalue weighted by Gasteiger charge is 2.32. The van der Waals surface area contributed by atoms with Gasteiger partial charge in [-0.1, -0.05) is 0 Å². The molecule has 15 heavy (non-hydrogen) atoms. The van der Waals surface area contributed by atoms with E-state index in [-0.39, 0.29) is 5.54 Å². The summed E-state index contributed by atoms with van der Waals surface area (Å²) in [5.74, 6) is 0.650. The van der Waals surface area contributed by atoms with Gasteiger partial charge in [-0.25, -0.2) is 0 Å². The summed E-state index contributed by atoms with van der Waals surface area (Å²) in [4.78, 5) is 2.35. The summed E-state index contributed by atoms with van der Waals surface area (Å²) < 4.78 is 9.69. The Hall–Kier alpha value is -0.810. The molecule has 1 aromatic heterocycles. The van der Waals surface area contributed by atoms with Crippen molar-refractivity contribution in [2.75, 3.05) is 30.4 Å². The number of aromatic nitrogens is 1. The Morgan fingerprint density at radius 1 is 1.53 bits per heavy atom. The normalized spacial score (nSPS) is 20.6. The highest BCUT2D eigenvalue weighted by atomic mass is 32.1. The zero-order valence-corrected chi connectivity index (χ0v) is 10.2. The number of hydrogen-bond acceptors (Lipinski definition) is 5. The maximum absolute atomic E-state index is 5.78. The molecular formula is C10H17N3OS. The molecule has 1 aliphatic rings. The Balaban J connectivity index is 2.33. The highest BCUT2D eigenvalue weighted by Crippen LogP contribution is 2.35. The third kappa shape index (κ3) is 1.81. The second-order valence-corrected chi connectivity index (χ2v) is 5.27. The molecule has 2 rings (SSSR count). The van der Waals surface area contributed by atoms with Crippen LogP contribution in [0.15, 0.2) is 0 Å². The van der Waals surface area contributed by atoms with Crippen LogP contribution in [-0.2, 0) is 4.74 Å². The molecule has 0 aliphatic carbocycles. The molecule has 2 N–H and O–H groups in total. The summed E-state index contributed by atoms with van der Waals surface area (Å²) in [7, 11) is 0. The fourth-order valence-electron chi connectivity index (χ4n) is 1.83. The van der Waals surface area contributed by atoms with E-state index in [1.165, 1.54) is 16.5 Å². The lowest BCUT2D eigenvalue weighted by Crippen LogP contribution is -2.53. The maximum Gasteiger partial charge on any atom is 0.142 e. The van der Waals surface area contributed by atoms with Gasteiger partial charge in [0.25, 0.3) is 0 Å². The van der Waals surface area contributed by atoms with Crippen LogP contribution in [0.3, 0.4) is 0 Å². The fourth-order valence-corrected chi connectivity index (χ4v) is 2.83. The number of rotatable bonds is 1. The van der Waals surface area contributed by atoms with Crippen LogP contribution < -0.4 is 10.6 Å². The van der Waals surface area contributed by atoms with Crippen molar-refractivity contribution in [2.24, 2.45) is 0 Å². The summed E-state index contributed by atoms with van der Waals surface area (Å²) in [5.41, 5.74) is 6.90. The Morgan fingerprint density at radius 3 is 2.80 bits per heavy atom. The maximum atomic E-state index is 5.78. The largest absolute Gasteiger partial charge is 0.383 e. The van der Waals surface area contributed by atoms with Gasteiger partial charge in [-0.05, 0) is 32.3 Å². The van der Waals surface area contributed by atoms with Crippen LogP contribution in [0.1, 0.15) is 19.4 Å². The van der Waals surface area contributed by atoms with Crippen LogP contribution in [0.4, 0.5) is 10.8 Å². The van der Waals surface area contributed by atoms with E-state index in [0.29, 0.717) is 5.82 Å². The van der Waals surface area contributed by atoms with Crippen LogP contribution >= 0.6 is 11.5 Å². The zero-order valence-electron chi connectivity index (χ0n) is 9.41. The summed E-state index contributed by atoms with van der Waals surface area (Å²) >= 11 is 1.48. The van der Waals surface area contributed by atoms with Gasteiger partial charge >= 0.3 is 0 Å². The molecule has 0 radical (unpaired) electrons. The lowest BCUT2D eigenvalue weighted by atomic mass is 10.0. The number of nitrogen functional groups attached to an aromatic ring is 1. The number of morpholine rings is 1. The van der Waals surface area contributed by atoms with Gasteiger partial charge in [0.05, 0.1) is 18.8 Å². The van der Waals surface area contributed by atoms with Gasteiger partial charge in [0.15, 0.2) is 0 Å². The Bertz CT molecular complexity index is 362.